The number of carboxylic acid groups (broad SMARTS) is 1. The average Bonchev–Trinajstić information content (AvgIpc) is 2.60. The third kappa shape index (κ3) is 6.10. The molecule has 2 rings (SSSR count). The normalized spacial score (nSPS) is 17.0. The van der Waals surface area contributed by atoms with Gasteiger partial charge in [0.25, 0.3) is 0 Å². The van der Waals surface area contributed by atoms with Gasteiger partial charge in [-0.15, -0.1) is 0 Å². The zero-order valence-corrected chi connectivity index (χ0v) is 14.5. The van der Waals surface area contributed by atoms with E-state index in [1.165, 1.54) is 19.1 Å². The maximum atomic E-state index is 12.3. The van der Waals surface area contributed by atoms with Crippen molar-refractivity contribution < 1.29 is 19.5 Å². The molecule has 3 N–H and O–H groups in total. The van der Waals surface area contributed by atoms with E-state index in [2.05, 4.69) is 10.6 Å². The Morgan fingerprint density at radius 2 is 1.92 bits per heavy atom. The largest absolute Gasteiger partial charge is 0.478 e. The highest BCUT2D eigenvalue weighted by atomic mass is 16.4. The zero-order chi connectivity index (χ0) is 18.2. The Hall–Kier alpha value is -2.57. The SMILES string of the molecule is CC(=O)NCCC1CCCN(C(=O)NCc2ccc(C(=O)O)cc2)C1. The quantitative estimate of drug-likeness (QED) is 0.731. The van der Waals surface area contributed by atoms with Gasteiger partial charge in [0.05, 0.1) is 5.56 Å². The summed E-state index contributed by atoms with van der Waals surface area (Å²) in [5.41, 5.74) is 1.09. The second kappa shape index (κ2) is 9.05. The molecule has 0 aromatic heterocycles. The van der Waals surface area contributed by atoms with Crippen LogP contribution in [0.4, 0.5) is 4.79 Å². The molecule has 25 heavy (non-hydrogen) atoms. The Kier molecular flexibility index (Phi) is 6.80. The summed E-state index contributed by atoms with van der Waals surface area (Å²) < 4.78 is 0. The lowest BCUT2D eigenvalue weighted by Crippen LogP contribution is -2.45. The number of amides is 3. The first-order chi connectivity index (χ1) is 12.0. The van der Waals surface area contributed by atoms with E-state index in [0.29, 0.717) is 25.6 Å². The van der Waals surface area contributed by atoms with Crippen molar-refractivity contribution in [2.75, 3.05) is 19.6 Å². The highest BCUT2D eigenvalue weighted by molar-refractivity contribution is 5.87. The highest BCUT2D eigenvalue weighted by Gasteiger charge is 2.23. The molecule has 1 aliphatic heterocycles. The van der Waals surface area contributed by atoms with E-state index in [9.17, 15) is 14.4 Å². The van der Waals surface area contributed by atoms with Gasteiger partial charge >= 0.3 is 12.0 Å². The van der Waals surface area contributed by atoms with Gasteiger partial charge < -0.3 is 20.6 Å². The van der Waals surface area contributed by atoms with Crippen molar-refractivity contribution in [3.63, 3.8) is 0 Å². The summed E-state index contributed by atoms with van der Waals surface area (Å²) in [4.78, 5) is 35.9. The third-order valence-corrected chi connectivity index (χ3v) is 4.38. The maximum absolute atomic E-state index is 12.3. The van der Waals surface area contributed by atoms with Gasteiger partial charge in [-0.25, -0.2) is 9.59 Å². The smallest absolute Gasteiger partial charge is 0.335 e. The van der Waals surface area contributed by atoms with Crippen LogP contribution >= 0.6 is 0 Å². The number of urea groups is 1. The standard InChI is InChI=1S/C18H25N3O4/c1-13(22)19-9-8-15-3-2-10-21(12-15)18(25)20-11-14-4-6-16(7-5-14)17(23)24/h4-7,15H,2-3,8-12H2,1H3,(H,19,22)(H,20,25)(H,23,24). The Morgan fingerprint density at radius 3 is 2.56 bits per heavy atom. The first-order valence-corrected chi connectivity index (χ1v) is 8.55. The van der Waals surface area contributed by atoms with Gasteiger partial charge in [-0.05, 0) is 42.9 Å². The van der Waals surface area contributed by atoms with Gasteiger partial charge in [0, 0.05) is 33.1 Å². The summed E-state index contributed by atoms with van der Waals surface area (Å²) in [6.45, 7) is 3.95. The van der Waals surface area contributed by atoms with Gasteiger partial charge in [-0.2, -0.15) is 0 Å². The number of rotatable bonds is 6. The van der Waals surface area contributed by atoms with E-state index < -0.39 is 5.97 Å². The molecule has 0 saturated carbocycles. The molecule has 1 heterocycles. The molecule has 136 valence electrons. The number of carboxylic acids is 1. The van der Waals surface area contributed by atoms with Crippen LogP contribution in [-0.2, 0) is 11.3 Å². The molecule has 0 radical (unpaired) electrons. The number of nitrogens with zero attached hydrogens (tertiary/aromatic N) is 1. The third-order valence-electron chi connectivity index (χ3n) is 4.38. The number of carbonyl (C=O) groups is 3. The van der Waals surface area contributed by atoms with E-state index in [1.807, 2.05) is 4.90 Å². The van der Waals surface area contributed by atoms with Crippen LogP contribution in [0.2, 0.25) is 0 Å². The molecule has 0 aliphatic carbocycles. The van der Waals surface area contributed by atoms with Gasteiger partial charge in [-0.3, -0.25) is 4.79 Å². The fourth-order valence-electron chi connectivity index (χ4n) is 2.99. The molecular formula is C18H25N3O4. The lowest BCUT2D eigenvalue weighted by atomic mass is 9.95. The zero-order valence-electron chi connectivity index (χ0n) is 14.5. The molecule has 7 nitrogen and oxygen atoms in total. The number of likely N-dealkylation sites (tertiary alicyclic amines) is 1. The highest BCUT2D eigenvalue weighted by Crippen LogP contribution is 2.19. The van der Waals surface area contributed by atoms with Gasteiger partial charge in [0.15, 0.2) is 0 Å². The molecule has 0 spiro atoms. The molecule has 1 aromatic carbocycles. The van der Waals surface area contributed by atoms with Crippen molar-refractivity contribution in [1.82, 2.24) is 15.5 Å². The van der Waals surface area contributed by atoms with E-state index in [-0.39, 0.29) is 17.5 Å². The first kappa shape index (κ1) is 18.8. The number of benzene rings is 1. The fraction of sp³-hybridized carbons (Fsp3) is 0.500. The average molecular weight is 347 g/mol. The molecule has 3 amide bonds. The summed E-state index contributed by atoms with van der Waals surface area (Å²) >= 11 is 0. The minimum absolute atomic E-state index is 0.0284. The van der Waals surface area contributed by atoms with E-state index in [1.54, 1.807) is 12.1 Å². The van der Waals surface area contributed by atoms with E-state index in [0.717, 1.165) is 31.4 Å². The molecule has 0 bridgehead atoms. The maximum Gasteiger partial charge on any atom is 0.335 e. The van der Waals surface area contributed by atoms with Crippen LogP contribution in [-0.4, -0.2) is 47.5 Å². The number of carbonyl (C=O) groups excluding carboxylic acids is 2. The molecule has 1 atom stereocenters. The Morgan fingerprint density at radius 1 is 1.20 bits per heavy atom. The minimum atomic E-state index is -0.964. The van der Waals surface area contributed by atoms with Crippen molar-refractivity contribution in [2.24, 2.45) is 5.92 Å². The monoisotopic (exact) mass is 347 g/mol. The number of piperidine rings is 1. The second-order valence-corrected chi connectivity index (χ2v) is 6.39. The Balaban J connectivity index is 1.77. The van der Waals surface area contributed by atoms with Crippen molar-refractivity contribution in [1.29, 1.82) is 0 Å². The van der Waals surface area contributed by atoms with Crippen molar-refractivity contribution in [2.45, 2.75) is 32.7 Å². The minimum Gasteiger partial charge on any atom is -0.478 e. The van der Waals surface area contributed by atoms with Crippen LogP contribution < -0.4 is 10.6 Å². The second-order valence-electron chi connectivity index (χ2n) is 6.39. The van der Waals surface area contributed by atoms with Crippen LogP contribution in [0.15, 0.2) is 24.3 Å². The number of nitrogens with one attached hydrogen (secondary N) is 2. The van der Waals surface area contributed by atoms with Crippen LogP contribution in [0.25, 0.3) is 0 Å². The molecular weight excluding hydrogens is 322 g/mol. The first-order valence-electron chi connectivity index (χ1n) is 8.55. The predicted octanol–water partition coefficient (Wildman–Crippen LogP) is 1.83. The predicted molar refractivity (Wildman–Crippen MR) is 93.2 cm³/mol. The fourth-order valence-corrected chi connectivity index (χ4v) is 2.99. The van der Waals surface area contributed by atoms with Crippen LogP contribution in [0.5, 0.6) is 0 Å². The van der Waals surface area contributed by atoms with Gasteiger partial charge in [-0.1, -0.05) is 12.1 Å². The molecule has 1 fully saturated rings. The topological polar surface area (TPSA) is 98.7 Å². The van der Waals surface area contributed by atoms with E-state index in [4.69, 9.17) is 5.11 Å². The molecule has 1 unspecified atom stereocenters. The summed E-state index contributed by atoms with van der Waals surface area (Å²) in [7, 11) is 0. The lowest BCUT2D eigenvalue weighted by Gasteiger charge is -2.32. The van der Waals surface area contributed by atoms with Crippen LogP contribution in [0.1, 0.15) is 42.1 Å². The van der Waals surface area contributed by atoms with Crippen molar-refractivity contribution >= 4 is 17.9 Å². The Labute approximate surface area is 147 Å². The lowest BCUT2D eigenvalue weighted by molar-refractivity contribution is -0.119. The van der Waals surface area contributed by atoms with Crippen LogP contribution in [0.3, 0.4) is 0 Å². The molecule has 1 saturated heterocycles. The summed E-state index contributed by atoms with van der Waals surface area (Å²) in [5.74, 6) is -0.588. The Bertz CT molecular complexity index is 615. The van der Waals surface area contributed by atoms with Gasteiger partial charge in [0.2, 0.25) is 5.91 Å². The summed E-state index contributed by atoms with van der Waals surface area (Å²) in [6.07, 6.45) is 2.91. The van der Waals surface area contributed by atoms with E-state index >= 15 is 0 Å². The van der Waals surface area contributed by atoms with Crippen molar-refractivity contribution in [3.8, 4) is 0 Å². The molecule has 1 aliphatic rings. The van der Waals surface area contributed by atoms with Gasteiger partial charge in [0.1, 0.15) is 0 Å². The van der Waals surface area contributed by atoms with Crippen LogP contribution in [0, 0.1) is 5.92 Å². The number of hydrogen-bond acceptors (Lipinski definition) is 3. The summed E-state index contributed by atoms with van der Waals surface area (Å²) in [6, 6.07) is 6.37. The molecule has 1 aromatic rings. The number of aromatic carboxylic acids is 1. The summed E-state index contributed by atoms with van der Waals surface area (Å²) in [5, 5.41) is 14.6. The number of hydrogen-bond donors (Lipinski definition) is 3. The molecule has 7 heteroatoms. The van der Waals surface area contributed by atoms with Crippen molar-refractivity contribution in [3.05, 3.63) is 35.4 Å².